The fourth-order valence-corrected chi connectivity index (χ4v) is 3.00. The molecule has 2 aromatic rings. The number of benzene rings is 1. The minimum Gasteiger partial charge on any atom is -0.439 e. The van der Waals surface area contributed by atoms with Crippen molar-refractivity contribution in [2.75, 3.05) is 25.9 Å². The van der Waals surface area contributed by atoms with Crippen LogP contribution in [0.2, 0.25) is 0 Å². The predicted octanol–water partition coefficient (Wildman–Crippen LogP) is 2.28. The van der Waals surface area contributed by atoms with E-state index in [-0.39, 0.29) is 11.7 Å². The number of nitrogens with zero attached hydrogens (tertiary/aromatic N) is 2. The zero-order valence-electron chi connectivity index (χ0n) is 14.9. The summed E-state index contributed by atoms with van der Waals surface area (Å²) in [5.74, 6) is 0.881. The van der Waals surface area contributed by atoms with Crippen molar-refractivity contribution < 1.29 is 17.9 Å². The van der Waals surface area contributed by atoms with Gasteiger partial charge in [0.25, 0.3) is 5.91 Å². The lowest BCUT2D eigenvalue weighted by atomic mass is 10.2. The average molecular weight is 377 g/mol. The highest BCUT2D eigenvalue weighted by Gasteiger charge is 2.14. The standard InChI is InChI=1S/C18H23N3O4S/c1-3-26(23,24)21(2)13-7-12-19-18(22)15-10-11-17(20-14-15)25-16-8-5-4-6-9-16/h4-6,8-11,14H,3,7,12-13H2,1-2H3,(H,19,22). The van der Waals surface area contributed by atoms with Gasteiger partial charge in [0.15, 0.2) is 0 Å². The van der Waals surface area contributed by atoms with Gasteiger partial charge in [-0.05, 0) is 31.5 Å². The van der Waals surface area contributed by atoms with Crippen molar-refractivity contribution in [2.45, 2.75) is 13.3 Å². The van der Waals surface area contributed by atoms with E-state index in [0.717, 1.165) is 0 Å². The SMILES string of the molecule is CCS(=O)(=O)N(C)CCCNC(=O)c1ccc(Oc2ccccc2)nc1. The molecule has 0 aliphatic carbocycles. The van der Waals surface area contributed by atoms with Crippen molar-refractivity contribution in [3.05, 3.63) is 54.2 Å². The minimum atomic E-state index is -3.18. The summed E-state index contributed by atoms with van der Waals surface area (Å²) in [6, 6.07) is 12.5. The van der Waals surface area contributed by atoms with Crippen LogP contribution < -0.4 is 10.1 Å². The maximum atomic E-state index is 12.1. The second-order valence-corrected chi connectivity index (χ2v) is 8.00. The van der Waals surface area contributed by atoms with Gasteiger partial charge in [0.05, 0.1) is 11.3 Å². The molecule has 26 heavy (non-hydrogen) atoms. The lowest BCUT2D eigenvalue weighted by Crippen LogP contribution is -2.32. The van der Waals surface area contributed by atoms with Crippen LogP contribution in [0.4, 0.5) is 0 Å². The van der Waals surface area contributed by atoms with Crippen LogP contribution in [0.3, 0.4) is 0 Å². The van der Waals surface area contributed by atoms with E-state index in [4.69, 9.17) is 4.74 Å². The van der Waals surface area contributed by atoms with Crippen LogP contribution in [0.25, 0.3) is 0 Å². The molecule has 0 aliphatic rings. The first-order chi connectivity index (χ1) is 12.4. The molecule has 140 valence electrons. The van der Waals surface area contributed by atoms with Crippen molar-refractivity contribution in [1.29, 1.82) is 0 Å². The molecule has 1 amide bonds. The predicted molar refractivity (Wildman–Crippen MR) is 99.8 cm³/mol. The van der Waals surface area contributed by atoms with Gasteiger partial charge in [-0.1, -0.05) is 18.2 Å². The summed E-state index contributed by atoms with van der Waals surface area (Å²) in [4.78, 5) is 16.2. The van der Waals surface area contributed by atoms with E-state index in [2.05, 4.69) is 10.3 Å². The van der Waals surface area contributed by atoms with Crippen molar-refractivity contribution in [3.8, 4) is 11.6 Å². The number of carbonyl (C=O) groups excluding carboxylic acids is 1. The van der Waals surface area contributed by atoms with Gasteiger partial charge in [0, 0.05) is 32.4 Å². The van der Waals surface area contributed by atoms with Gasteiger partial charge in [0.2, 0.25) is 15.9 Å². The Hall–Kier alpha value is -2.45. The Balaban J connectivity index is 1.79. The number of pyridine rings is 1. The molecule has 2 rings (SSSR count). The fourth-order valence-electron chi connectivity index (χ4n) is 2.15. The van der Waals surface area contributed by atoms with Crippen LogP contribution in [-0.4, -0.2) is 49.5 Å². The molecule has 1 aromatic heterocycles. The molecule has 0 bridgehead atoms. The molecular formula is C18H23N3O4S. The van der Waals surface area contributed by atoms with E-state index >= 15 is 0 Å². The van der Waals surface area contributed by atoms with E-state index in [1.165, 1.54) is 17.5 Å². The number of rotatable bonds is 9. The van der Waals surface area contributed by atoms with Crippen molar-refractivity contribution in [1.82, 2.24) is 14.6 Å². The third kappa shape index (κ3) is 5.82. The molecular weight excluding hydrogens is 354 g/mol. The average Bonchev–Trinajstić information content (AvgIpc) is 2.66. The van der Waals surface area contributed by atoms with Crippen LogP contribution in [0.1, 0.15) is 23.7 Å². The Kier molecular flexibility index (Phi) is 7.11. The lowest BCUT2D eigenvalue weighted by molar-refractivity contribution is 0.0952. The van der Waals surface area contributed by atoms with Crippen LogP contribution in [-0.2, 0) is 10.0 Å². The van der Waals surface area contributed by atoms with Gasteiger partial charge >= 0.3 is 0 Å². The van der Waals surface area contributed by atoms with Gasteiger partial charge in [-0.15, -0.1) is 0 Å². The number of para-hydroxylation sites is 1. The van der Waals surface area contributed by atoms with E-state index in [1.807, 2.05) is 30.3 Å². The van der Waals surface area contributed by atoms with Crippen LogP contribution in [0.5, 0.6) is 11.6 Å². The van der Waals surface area contributed by atoms with Gasteiger partial charge in [-0.25, -0.2) is 17.7 Å². The van der Waals surface area contributed by atoms with E-state index in [0.29, 0.717) is 36.7 Å². The summed E-state index contributed by atoms with van der Waals surface area (Å²) in [7, 11) is -1.65. The molecule has 0 saturated heterocycles. The first kappa shape index (κ1) is 19.9. The molecule has 7 nitrogen and oxygen atoms in total. The van der Waals surface area contributed by atoms with Gasteiger partial charge in [-0.3, -0.25) is 4.79 Å². The highest BCUT2D eigenvalue weighted by Crippen LogP contribution is 2.18. The van der Waals surface area contributed by atoms with Gasteiger partial charge in [0.1, 0.15) is 5.75 Å². The summed E-state index contributed by atoms with van der Waals surface area (Å²) < 4.78 is 30.1. The van der Waals surface area contributed by atoms with Crippen molar-refractivity contribution in [2.24, 2.45) is 0 Å². The lowest BCUT2D eigenvalue weighted by Gasteiger charge is -2.15. The molecule has 8 heteroatoms. The largest absolute Gasteiger partial charge is 0.439 e. The zero-order valence-corrected chi connectivity index (χ0v) is 15.7. The Morgan fingerprint density at radius 1 is 1.19 bits per heavy atom. The number of aromatic nitrogens is 1. The maximum absolute atomic E-state index is 12.1. The first-order valence-corrected chi connectivity index (χ1v) is 9.94. The van der Waals surface area contributed by atoms with E-state index in [9.17, 15) is 13.2 Å². The minimum absolute atomic E-state index is 0.0684. The number of ether oxygens (including phenoxy) is 1. The number of sulfonamides is 1. The maximum Gasteiger partial charge on any atom is 0.252 e. The summed E-state index contributed by atoms with van der Waals surface area (Å²) in [5, 5.41) is 2.75. The van der Waals surface area contributed by atoms with E-state index in [1.54, 1.807) is 19.1 Å². The Labute approximate surface area is 154 Å². The molecule has 0 radical (unpaired) electrons. The van der Waals surface area contributed by atoms with Crippen LogP contribution >= 0.6 is 0 Å². The molecule has 1 N–H and O–H groups in total. The number of amides is 1. The Morgan fingerprint density at radius 3 is 2.54 bits per heavy atom. The molecule has 0 atom stereocenters. The van der Waals surface area contributed by atoms with Crippen molar-refractivity contribution >= 4 is 15.9 Å². The molecule has 0 saturated carbocycles. The summed E-state index contributed by atoms with van der Waals surface area (Å²) in [5.41, 5.74) is 0.417. The number of nitrogens with one attached hydrogen (secondary N) is 1. The van der Waals surface area contributed by atoms with Gasteiger partial charge < -0.3 is 10.1 Å². The quantitative estimate of drug-likeness (QED) is 0.677. The first-order valence-electron chi connectivity index (χ1n) is 8.33. The fraction of sp³-hybridized carbons (Fsp3) is 0.333. The van der Waals surface area contributed by atoms with Crippen LogP contribution in [0.15, 0.2) is 48.7 Å². The number of hydrogen-bond acceptors (Lipinski definition) is 5. The molecule has 1 heterocycles. The number of carbonyl (C=O) groups is 1. The smallest absolute Gasteiger partial charge is 0.252 e. The third-order valence-corrected chi connectivity index (χ3v) is 5.60. The number of hydrogen-bond donors (Lipinski definition) is 1. The third-order valence-electron chi connectivity index (χ3n) is 3.74. The molecule has 1 aromatic carbocycles. The summed E-state index contributed by atoms with van der Waals surface area (Å²) in [6.07, 6.45) is 1.98. The Bertz CT molecular complexity index is 808. The highest BCUT2D eigenvalue weighted by atomic mass is 32.2. The normalized spacial score (nSPS) is 11.3. The van der Waals surface area contributed by atoms with Crippen LogP contribution in [0, 0.1) is 0 Å². The monoisotopic (exact) mass is 377 g/mol. The highest BCUT2D eigenvalue weighted by molar-refractivity contribution is 7.89. The molecule has 0 aliphatic heterocycles. The van der Waals surface area contributed by atoms with E-state index < -0.39 is 10.0 Å². The summed E-state index contributed by atoms with van der Waals surface area (Å²) in [6.45, 7) is 2.34. The second kappa shape index (κ2) is 9.30. The summed E-state index contributed by atoms with van der Waals surface area (Å²) >= 11 is 0. The molecule has 0 fully saturated rings. The molecule has 0 spiro atoms. The molecule has 0 unspecified atom stereocenters. The Morgan fingerprint density at radius 2 is 1.92 bits per heavy atom. The van der Waals surface area contributed by atoms with Crippen molar-refractivity contribution in [3.63, 3.8) is 0 Å². The topological polar surface area (TPSA) is 88.6 Å². The zero-order chi connectivity index (χ0) is 19.0. The van der Waals surface area contributed by atoms with Gasteiger partial charge in [-0.2, -0.15) is 0 Å². The second-order valence-electron chi connectivity index (χ2n) is 5.63.